The molecule has 33 heavy (non-hydrogen) atoms. The number of aliphatic imine (C=N–C) groups is 1. The third-order valence-electron chi connectivity index (χ3n) is 4.98. The highest BCUT2D eigenvalue weighted by Crippen LogP contribution is 2.32. The number of nitrogens with zero attached hydrogens (tertiary/aromatic N) is 3. The van der Waals surface area contributed by atoms with Gasteiger partial charge in [0.2, 0.25) is 11.8 Å². The fourth-order valence-corrected chi connectivity index (χ4v) is 3.95. The van der Waals surface area contributed by atoms with Gasteiger partial charge >= 0.3 is 0 Å². The van der Waals surface area contributed by atoms with E-state index in [1.807, 2.05) is 48.5 Å². The second kappa shape index (κ2) is 10.9. The number of carbonyl (C=O) groups excluding carboxylic acids is 1. The number of hydrogen-bond acceptors (Lipinski definition) is 7. The van der Waals surface area contributed by atoms with Crippen LogP contribution in [0.4, 0.5) is 0 Å². The first-order valence-electron chi connectivity index (χ1n) is 10.2. The van der Waals surface area contributed by atoms with E-state index in [1.54, 1.807) is 12.4 Å². The van der Waals surface area contributed by atoms with E-state index in [0.717, 1.165) is 26.7 Å². The van der Waals surface area contributed by atoms with Crippen LogP contribution < -0.4 is 0 Å². The quantitative estimate of drug-likeness (QED) is 0.404. The number of rotatable bonds is 8. The van der Waals surface area contributed by atoms with Gasteiger partial charge in [0.1, 0.15) is 25.5 Å². The largest absolute Gasteiger partial charge is 0.481 e. The molecule has 0 atom stereocenters. The molecule has 0 fully saturated rings. The maximum atomic E-state index is 11.8. The first kappa shape index (κ1) is 22.7. The monoisotopic (exact) mass is 507 g/mol. The van der Waals surface area contributed by atoms with Crippen LogP contribution in [0, 0.1) is 0 Å². The summed E-state index contributed by atoms with van der Waals surface area (Å²) < 4.78 is 12.2. The van der Waals surface area contributed by atoms with E-state index in [4.69, 9.17) is 14.3 Å². The Morgan fingerprint density at radius 2 is 1.91 bits per heavy atom. The van der Waals surface area contributed by atoms with Gasteiger partial charge in [-0.05, 0) is 38.7 Å². The number of hydrogen-bond donors (Lipinski definition) is 0. The standard InChI is InChI=1S/C25H22BrN3O4/c1-31-24-22(14-30)25(32-15-18-7-6-12-27-13-18)29(17-28-24)33-16-20-10-5-11-21(23(20)26)19-8-3-2-4-9-19/h2-14H,15-17H2,1H3. The van der Waals surface area contributed by atoms with Crippen molar-refractivity contribution in [3.63, 3.8) is 0 Å². The van der Waals surface area contributed by atoms with E-state index in [1.165, 1.54) is 12.2 Å². The Kier molecular flexibility index (Phi) is 7.49. The number of pyridine rings is 1. The van der Waals surface area contributed by atoms with Crippen LogP contribution in [0.5, 0.6) is 0 Å². The number of hydroxylamine groups is 2. The van der Waals surface area contributed by atoms with Crippen LogP contribution in [-0.4, -0.2) is 36.0 Å². The zero-order valence-corrected chi connectivity index (χ0v) is 19.6. The number of carbonyl (C=O) groups is 1. The van der Waals surface area contributed by atoms with Gasteiger partial charge in [-0.15, -0.1) is 0 Å². The van der Waals surface area contributed by atoms with Crippen LogP contribution in [0.2, 0.25) is 0 Å². The summed E-state index contributed by atoms with van der Waals surface area (Å²) >= 11 is 3.71. The van der Waals surface area contributed by atoms with Crippen molar-refractivity contribution < 1.29 is 19.1 Å². The Hall–Kier alpha value is -3.49. The molecule has 0 spiro atoms. The molecular formula is C25H22BrN3O4. The molecule has 1 aromatic heterocycles. The molecule has 0 bridgehead atoms. The first-order chi connectivity index (χ1) is 16.2. The highest BCUT2D eigenvalue weighted by molar-refractivity contribution is 9.10. The Balaban J connectivity index is 1.55. The summed E-state index contributed by atoms with van der Waals surface area (Å²) in [7, 11) is 1.46. The molecule has 1 aliphatic heterocycles. The van der Waals surface area contributed by atoms with Crippen molar-refractivity contribution in [3.8, 4) is 11.1 Å². The van der Waals surface area contributed by atoms with Crippen LogP contribution in [-0.2, 0) is 32.3 Å². The highest BCUT2D eigenvalue weighted by Gasteiger charge is 2.27. The van der Waals surface area contributed by atoms with E-state index in [0.29, 0.717) is 6.29 Å². The lowest BCUT2D eigenvalue weighted by molar-refractivity contribution is -0.178. The van der Waals surface area contributed by atoms with Gasteiger partial charge in [0, 0.05) is 22.4 Å². The number of benzene rings is 2. The average molecular weight is 508 g/mol. The second-order valence-electron chi connectivity index (χ2n) is 7.09. The van der Waals surface area contributed by atoms with Gasteiger partial charge in [0.15, 0.2) is 6.29 Å². The van der Waals surface area contributed by atoms with E-state index in [9.17, 15) is 4.79 Å². The van der Waals surface area contributed by atoms with Crippen LogP contribution in [0.15, 0.2) is 94.0 Å². The van der Waals surface area contributed by atoms with Crippen molar-refractivity contribution in [2.75, 3.05) is 13.8 Å². The third-order valence-corrected chi connectivity index (χ3v) is 5.92. The van der Waals surface area contributed by atoms with E-state index >= 15 is 0 Å². The molecular weight excluding hydrogens is 486 g/mol. The predicted octanol–water partition coefficient (Wildman–Crippen LogP) is 4.89. The minimum absolute atomic E-state index is 0.124. The molecule has 0 N–H and O–H groups in total. The Morgan fingerprint density at radius 3 is 2.64 bits per heavy atom. The molecule has 0 radical (unpaired) electrons. The second-order valence-corrected chi connectivity index (χ2v) is 7.89. The lowest BCUT2D eigenvalue weighted by atomic mass is 10.0. The van der Waals surface area contributed by atoms with Crippen molar-refractivity contribution in [1.29, 1.82) is 0 Å². The summed E-state index contributed by atoms with van der Waals surface area (Å²) in [5, 5.41) is 1.46. The van der Waals surface area contributed by atoms with Crippen LogP contribution in [0.1, 0.15) is 11.1 Å². The van der Waals surface area contributed by atoms with Gasteiger partial charge in [0.05, 0.1) is 7.11 Å². The molecule has 1 aliphatic rings. The SMILES string of the molecule is COC1=NCN(OCc2cccc(-c3ccccc3)c2Br)C(OCc2cccnc2)=C1C=O. The van der Waals surface area contributed by atoms with Gasteiger partial charge in [0.25, 0.3) is 0 Å². The average Bonchev–Trinajstić information content (AvgIpc) is 2.87. The van der Waals surface area contributed by atoms with Gasteiger partial charge in [-0.2, -0.15) is 5.06 Å². The van der Waals surface area contributed by atoms with Gasteiger partial charge in [-0.3, -0.25) is 14.6 Å². The fraction of sp³-hybridized carbons (Fsp3) is 0.160. The topological polar surface area (TPSA) is 73.2 Å². The third kappa shape index (κ3) is 5.30. The summed E-state index contributed by atoms with van der Waals surface area (Å²) in [4.78, 5) is 26.3. The molecule has 168 valence electrons. The fourth-order valence-electron chi connectivity index (χ4n) is 3.34. The Labute approximate surface area is 200 Å². The number of halogens is 1. The normalized spacial score (nSPS) is 13.5. The number of aldehydes is 1. The Morgan fingerprint density at radius 1 is 1.06 bits per heavy atom. The van der Waals surface area contributed by atoms with Crippen molar-refractivity contribution >= 4 is 28.1 Å². The molecule has 3 aromatic rings. The molecule has 0 saturated heterocycles. The van der Waals surface area contributed by atoms with Crippen molar-refractivity contribution in [2.24, 2.45) is 4.99 Å². The minimum Gasteiger partial charge on any atom is -0.481 e. The molecule has 7 nitrogen and oxygen atoms in total. The lowest BCUT2D eigenvalue weighted by Crippen LogP contribution is -2.33. The first-order valence-corrected chi connectivity index (χ1v) is 11.0. The van der Waals surface area contributed by atoms with Crippen LogP contribution >= 0.6 is 15.9 Å². The molecule has 0 saturated carbocycles. The van der Waals surface area contributed by atoms with Crippen LogP contribution in [0.25, 0.3) is 11.1 Å². The van der Waals surface area contributed by atoms with Gasteiger partial charge in [-0.1, -0.05) is 54.6 Å². The molecule has 4 rings (SSSR count). The zero-order chi connectivity index (χ0) is 23.0. The van der Waals surface area contributed by atoms with E-state index in [2.05, 4.69) is 38.0 Å². The maximum absolute atomic E-state index is 11.8. The summed E-state index contributed by atoms with van der Waals surface area (Å²) in [5.41, 5.74) is 4.14. The van der Waals surface area contributed by atoms with Gasteiger partial charge < -0.3 is 9.47 Å². The number of aromatic nitrogens is 1. The Bertz CT molecular complexity index is 1170. The summed E-state index contributed by atoms with van der Waals surface area (Å²) in [6.45, 7) is 0.578. The summed E-state index contributed by atoms with van der Waals surface area (Å²) in [5.74, 6) is 0.453. The van der Waals surface area contributed by atoms with Gasteiger partial charge in [-0.25, -0.2) is 4.99 Å². The summed E-state index contributed by atoms with van der Waals surface area (Å²) in [6.07, 6.45) is 4.04. The summed E-state index contributed by atoms with van der Waals surface area (Å²) in [6, 6.07) is 19.8. The minimum atomic E-state index is 0.124. The van der Waals surface area contributed by atoms with E-state index < -0.39 is 0 Å². The van der Waals surface area contributed by atoms with E-state index in [-0.39, 0.29) is 37.2 Å². The highest BCUT2D eigenvalue weighted by atomic mass is 79.9. The molecule has 2 aromatic carbocycles. The smallest absolute Gasteiger partial charge is 0.232 e. The van der Waals surface area contributed by atoms with Crippen LogP contribution in [0.3, 0.4) is 0 Å². The van der Waals surface area contributed by atoms with Crippen molar-refractivity contribution in [3.05, 3.63) is 100 Å². The molecule has 2 heterocycles. The zero-order valence-electron chi connectivity index (χ0n) is 18.0. The predicted molar refractivity (Wildman–Crippen MR) is 128 cm³/mol. The molecule has 0 amide bonds. The van der Waals surface area contributed by atoms with Crippen molar-refractivity contribution in [1.82, 2.24) is 10.0 Å². The molecule has 8 heteroatoms. The van der Waals surface area contributed by atoms with Crippen molar-refractivity contribution in [2.45, 2.75) is 13.2 Å². The number of methoxy groups -OCH3 is 1. The number of ether oxygens (including phenoxy) is 2. The maximum Gasteiger partial charge on any atom is 0.232 e. The molecule has 0 unspecified atom stereocenters. The molecule has 0 aliphatic carbocycles. The lowest BCUT2D eigenvalue weighted by Gasteiger charge is -2.29.